The summed E-state index contributed by atoms with van der Waals surface area (Å²) in [7, 11) is 0. The number of rotatable bonds is 1. The van der Waals surface area contributed by atoms with Crippen LogP contribution >= 0.6 is 0 Å². The molecule has 0 aliphatic carbocycles. The van der Waals surface area contributed by atoms with Crippen molar-refractivity contribution < 1.29 is 27.9 Å². The Morgan fingerprint density at radius 2 is 2.04 bits per heavy atom. The van der Waals surface area contributed by atoms with Gasteiger partial charge in [0.15, 0.2) is 0 Å². The lowest BCUT2D eigenvalue weighted by atomic mass is 9.82. The van der Waals surface area contributed by atoms with Crippen molar-refractivity contribution in [3.8, 4) is 0 Å². The number of likely N-dealkylation sites (N-methyl/N-ethyl adjacent to an activating group) is 1. The summed E-state index contributed by atoms with van der Waals surface area (Å²) in [6.45, 7) is 2.13. The number of alkyl halides is 3. The van der Waals surface area contributed by atoms with Gasteiger partial charge in [0.2, 0.25) is 0 Å². The zero-order valence-corrected chi connectivity index (χ0v) is 12.3. The van der Waals surface area contributed by atoms with E-state index in [2.05, 4.69) is 0 Å². The third kappa shape index (κ3) is 2.32. The molecular formula is C15H15F3N2O3. The van der Waals surface area contributed by atoms with Crippen LogP contribution in [0, 0.1) is 0 Å². The Kier molecular flexibility index (Phi) is 3.50. The van der Waals surface area contributed by atoms with Crippen LogP contribution in [0.2, 0.25) is 0 Å². The van der Waals surface area contributed by atoms with Crippen LogP contribution in [0.15, 0.2) is 18.2 Å². The fraction of sp³-hybridized carbons (Fsp3) is 0.467. The fourth-order valence-corrected chi connectivity index (χ4v) is 3.59. The maximum absolute atomic E-state index is 13.3. The molecule has 8 heteroatoms. The van der Waals surface area contributed by atoms with E-state index in [0.717, 1.165) is 11.0 Å². The van der Waals surface area contributed by atoms with E-state index in [4.69, 9.17) is 5.11 Å². The third-order valence-corrected chi connectivity index (χ3v) is 4.58. The molecule has 23 heavy (non-hydrogen) atoms. The number of carbonyl (C=O) groups is 2. The summed E-state index contributed by atoms with van der Waals surface area (Å²) in [4.78, 5) is 26.3. The van der Waals surface area contributed by atoms with Gasteiger partial charge in [0.25, 0.3) is 5.91 Å². The lowest BCUT2D eigenvalue weighted by Crippen LogP contribution is -2.48. The van der Waals surface area contributed by atoms with Crippen molar-refractivity contribution >= 4 is 12.0 Å². The zero-order chi connectivity index (χ0) is 16.9. The third-order valence-electron chi connectivity index (χ3n) is 4.58. The van der Waals surface area contributed by atoms with Gasteiger partial charge in [0.1, 0.15) is 0 Å². The number of carboxylic acid groups (broad SMARTS) is 1. The van der Waals surface area contributed by atoms with E-state index in [1.807, 2.05) is 0 Å². The molecular weight excluding hydrogens is 313 g/mol. The molecule has 1 aromatic rings. The van der Waals surface area contributed by atoms with Crippen molar-refractivity contribution in [2.75, 3.05) is 19.6 Å². The molecule has 0 radical (unpaired) electrons. The monoisotopic (exact) mass is 328 g/mol. The molecule has 2 heterocycles. The normalized spacial score (nSPS) is 23.7. The fourth-order valence-electron chi connectivity index (χ4n) is 3.59. The van der Waals surface area contributed by atoms with Crippen LogP contribution in [0.5, 0.6) is 0 Å². The van der Waals surface area contributed by atoms with E-state index < -0.39 is 35.7 Å². The number of fused-ring (bicyclic) bond motifs is 3. The lowest BCUT2D eigenvalue weighted by molar-refractivity contribution is -0.138. The van der Waals surface area contributed by atoms with E-state index >= 15 is 0 Å². The number of amides is 2. The van der Waals surface area contributed by atoms with E-state index in [0.29, 0.717) is 5.56 Å². The molecule has 2 aliphatic heterocycles. The summed E-state index contributed by atoms with van der Waals surface area (Å²) in [6, 6.07) is 3.25. The van der Waals surface area contributed by atoms with E-state index in [1.165, 1.54) is 17.0 Å². The van der Waals surface area contributed by atoms with Gasteiger partial charge >= 0.3 is 12.3 Å². The molecule has 0 aromatic heterocycles. The molecule has 1 fully saturated rings. The summed E-state index contributed by atoms with van der Waals surface area (Å²) in [6.07, 6.45) is -5.75. The first kappa shape index (κ1) is 15.6. The molecule has 124 valence electrons. The van der Waals surface area contributed by atoms with Gasteiger partial charge in [-0.25, -0.2) is 4.79 Å². The topological polar surface area (TPSA) is 60.9 Å². The number of hydrogen-bond acceptors (Lipinski definition) is 2. The second kappa shape index (κ2) is 5.14. The Balaban J connectivity index is 2.16. The van der Waals surface area contributed by atoms with E-state index in [1.54, 1.807) is 6.92 Å². The number of likely N-dealkylation sites (tertiary alicyclic amines) is 1. The standard InChI is InChI=1S/C15H15F3N2O3/c1-2-20-11-7-19(14(22)23)6-9(11)8-4-3-5-10(15(16,17)18)12(8)13(20)21/h3-5,9,11H,2,6-7H2,1H3,(H,22,23). The molecule has 0 bridgehead atoms. The molecule has 3 rings (SSSR count). The van der Waals surface area contributed by atoms with Crippen molar-refractivity contribution in [2.45, 2.75) is 25.1 Å². The largest absolute Gasteiger partial charge is 0.465 e. The first-order chi connectivity index (χ1) is 10.8. The van der Waals surface area contributed by atoms with Crippen LogP contribution < -0.4 is 0 Å². The number of halogens is 3. The van der Waals surface area contributed by atoms with Crippen molar-refractivity contribution in [2.24, 2.45) is 0 Å². The van der Waals surface area contributed by atoms with E-state index in [-0.39, 0.29) is 25.2 Å². The number of carbonyl (C=O) groups excluding carboxylic acids is 1. The Bertz CT molecular complexity index is 674. The molecule has 2 aliphatic rings. The molecule has 0 saturated carbocycles. The highest BCUT2D eigenvalue weighted by Gasteiger charge is 2.49. The van der Waals surface area contributed by atoms with Crippen LogP contribution in [0.4, 0.5) is 18.0 Å². The smallest absolute Gasteiger partial charge is 0.417 e. The van der Waals surface area contributed by atoms with Gasteiger partial charge in [0.05, 0.1) is 17.2 Å². The van der Waals surface area contributed by atoms with Gasteiger partial charge in [-0.1, -0.05) is 12.1 Å². The van der Waals surface area contributed by atoms with Gasteiger partial charge in [-0.05, 0) is 18.6 Å². The maximum atomic E-state index is 13.3. The van der Waals surface area contributed by atoms with Crippen LogP contribution in [-0.4, -0.2) is 52.6 Å². The number of benzene rings is 1. The van der Waals surface area contributed by atoms with Gasteiger partial charge in [-0.2, -0.15) is 13.2 Å². The SMILES string of the molecule is CCN1C(=O)c2c(cccc2C(F)(F)F)C2CN(C(=O)O)CC21. The summed E-state index contributed by atoms with van der Waals surface area (Å²) < 4.78 is 39.8. The predicted octanol–water partition coefficient (Wildman–Crippen LogP) is 2.63. The zero-order valence-electron chi connectivity index (χ0n) is 12.3. The molecule has 5 nitrogen and oxygen atoms in total. The minimum atomic E-state index is -4.63. The summed E-state index contributed by atoms with van der Waals surface area (Å²) in [5.74, 6) is -1.11. The summed E-state index contributed by atoms with van der Waals surface area (Å²) in [5, 5.41) is 9.16. The highest BCUT2D eigenvalue weighted by Crippen LogP contribution is 2.43. The van der Waals surface area contributed by atoms with Crippen LogP contribution in [-0.2, 0) is 6.18 Å². The Labute approximate surface area is 130 Å². The Hall–Kier alpha value is -2.25. The summed E-state index contributed by atoms with van der Waals surface area (Å²) in [5.41, 5.74) is -0.996. The highest BCUT2D eigenvalue weighted by molar-refractivity contribution is 5.99. The average molecular weight is 328 g/mol. The molecule has 2 atom stereocenters. The summed E-state index contributed by atoms with van der Waals surface area (Å²) >= 11 is 0. The molecule has 0 spiro atoms. The van der Waals surface area contributed by atoms with Gasteiger partial charge in [-0.3, -0.25) is 4.79 Å². The van der Waals surface area contributed by atoms with Crippen LogP contribution in [0.3, 0.4) is 0 Å². The van der Waals surface area contributed by atoms with Crippen molar-refractivity contribution in [3.05, 3.63) is 34.9 Å². The first-order valence-corrected chi connectivity index (χ1v) is 7.24. The van der Waals surface area contributed by atoms with Crippen LogP contribution in [0.25, 0.3) is 0 Å². The molecule has 1 N–H and O–H groups in total. The minimum Gasteiger partial charge on any atom is -0.465 e. The predicted molar refractivity (Wildman–Crippen MR) is 74.3 cm³/mol. The van der Waals surface area contributed by atoms with E-state index in [9.17, 15) is 22.8 Å². The molecule has 2 unspecified atom stereocenters. The Morgan fingerprint density at radius 3 is 2.61 bits per heavy atom. The number of nitrogens with zero attached hydrogens (tertiary/aromatic N) is 2. The second-order valence-corrected chi connectivity index (χ2v) is 5.72. The average Bonchev–Trinajstić information content (AvgIpc) is 2.91. The molecule has 1 aromatic carbocycles. The second-order valence-electron chi connectivity index (χ2n) is 5.72. The quantitative estimate of drug-likeness (QED) is 0.862. The maximum Gasteiger partial charge on any atom is 0.417 e. The van der Waals surface area contributed by atoms with Gasteiger partial charge < -0.3 is 14.9 Å². The Morgan fingerprint density at radius 1 is 1.35 bits per heavy atom. The lowest BCUT2D eigenvalue weighted by Gasteiger charge is -2.38. The minimum absolute atomic E-state index is 0.0953. The van der Waals surface area contributed by atoms with Crippen molar-refractivity contribution in [1.29, 1.82) is 0 Å². The van der Waals surface area contributed by atoms with Gasteiger partial charge in [-0.15, -0.1) is 0 Å². The molecule has 2 amide bonds. The van der Waals surface area contributed by atoms with Gasteiger partial charge in [0, 0.05) is 25.6 Å². The van der Waals surface area contributed by atoms with Crippen LogP contribution in [0.1, 0.15) is 34.3 Å². The first-order valence-electron chi connectivity index (χ1n) is 7.24. The highest BCUT2D eigenvalue weighted by atomic mass is 19.4. The van der Waals surface area contributed by atoms with Crippen molar-refractivity contribution in [3.63, 3.8) is 0 Å². The molecule has 1 saturated heterocycles. The number of hydrogen-bond donors (Lipinski definition) is 1. The van der Waals surface area contributed by atoms with Crippen molar-refractivity contribution in [1.82, 2.24) is 9.80 Å².